The van der Waals surface area contributed by atoms with E-state index in [1.165, 1.54) is 0 Å². The molecule has 4 aromatic rings. The lowest BCUT2D eigenvalue weighted by molar-refractivity contribution is 0.0941. The molecule has 28 heavy (non-hydrogen) atoms. The Morgan fingerprint density at radius 2 is 1.96 bits per heavy atom. The maximum Gasteiger partial charge on any atom is 0.273 e. The second-order valence-electron chi connectivity index (χ2n) is 6.44. The highest BCUT2D eigenvalue weighted by Crippen LogP contribution is 2.18. The first-order valence-corrected chi connectivity index (χ1v) is 8.92. The number of nitrogens with zero attached hydrogens (tertiary/aromatic N) is 3. The van der Waals surface area contributed by atoms with E-state index in [1.807, 2.05) is 60.0 Å². The monoisotopic (exact) mass is 376 g/mol. The first kappa shape index (κ1) is 17.8. The minimum absolute atomic E-state index is 0.255. The van der Waals surface area contributed by atoms with E-state index in [9.17, 15) is 4.79 Å². The first-order valence-electron chi connectivity index (χ1n) is 8.92. The van der Waals surface area contributed by atoms with Crippen molar-refractivity contribution in [1.82, 2.24) is 20.0 Å². The summed E-state index contributed by atoms with van der Waals surface area (Å²) in [6, 6.07) is 17.1. The van der Waals surface area contributed by atoms with Gasteiger partial charge in [-0.25, -0.2) is 4.98 Å². The summed E-state index contributed by atoms with van der Waals surface area (Å²) in [6.07, 6.45) is 0. The molecule has 0 aliphatic carbocycles. The zero-order chi connectivity index (χ0) is 19.5. The van der Waals surface area contributed by atoms with Crippen molar-refractivity contribution >= 4 is 16.9 Å². The van der Waals surface area contributed by atoms with Crippen LogP contribution in [-0.2, 0) is 13.1 Å². The van der Waals surface area contributed by atoms with Crippen LogP contribution in [0.25, 0.3) is 11.0 Å². The second-order valence-corrected chi connectivity index (χ2v) is 6.44. The van der Waals surface area contributed by atoms with Crippen LogP contribution in [-0.4, -0.2) is 27.7 Å². The third-order valence-electron chi connectivity index (χ3n) is 4.56. The molecule has 0 aliphatic rings. The van der Waals surface area contributed by atoms with Crippen LogP contribution in [0.1, 0.15) is 27.6 Å². The lowest BCUT2D eigenvalue weighted by Gasteiger charge is -2.04. The van der Waals surface area contributed by atoms with Crippen LogP contribution in [0.5, 0.6) is 5.75 Å². The van der Waals surface area contributed by atoms with Gasteiger partial charge in [0.05, 0.1) is 24.7 Å². The highest BCUT2D eigenvalue weighted by atomic mass is 16.5. The second kappa shape index (κ2) is 7.56. The number of aromatic nitrogens is 3. The molecule has 2 heterocycles. The summed E-state index contributed by atoms with van der Waals surface area (Å²) in [5.41, 5.74) is 3.17. The van der Waals surface area contributed by atoms with Gasteiger partial charge >= 0.3 is 0 Å². The molecule has 0 bridgehead atoms. The van der Waals surface area contributed by atoms with E-state index < -0.39 is 0 Å². The Kier molecular flexibility index (Phi) is 4.80. The van der Waals surface area contributed by atoms with Gasteiger partial charge in [-0.05, 0) is 36.8 Å². The number of hydrogen-bond donors (Lipinski definition) is 1. The van der Waals surface area contributed by atoms with Crippen molar-refractivity contribution in [1.29, 1.82) is 0 Å². The van der Waals surface area contributed by atoms with Crippen LogP contribution in [0, 0.1) is 6.92 Å². The van der Waals surface area contributed by atoms with Gasteiger partial charge < -0.3 is 19.1 Å². The lowest BCUT2D eigenvalue weighted by atomic mass is 10.2. The molecule has 2 aromatic heterocycles. The van der Waals surface area contributed by atoms with E-state index in [-0.39, 0.29) is 11.6 Å². The minimum Gasteiger partial charge on any atom is -0.497 e. The van der Waals surface area contributed by atoms with E-state index in [1.54, 1.807) is 13.2 Å². The molecule has 0 spiro atoms. The van der Waals surface area contributed by atoms with Gasteiger partial charge in [-0.3, -0.25) is 4.79 Å². The Labute approximate surface area is 161 Å². The number of carbonyl (C=O) groups is 1. The van der Waals surface area contributed by atoms with Crippen LogP contribution in [0.3, 0.4) is 0 Å². The predicted molar refractivity (Wildman–Crippen MR) is 104 cm³/mol. The topological polar surface area (TPSA) is 82.2 Å². The van der Waals surface area contributed by atoms with Gasteiger partial charge in [0.1, 0.15) is 11.6 Å². The van der Waals surface area contributed by atoms with Crippen molar-refractivity contribution in [2.75, 3.05) is 7.11 Å². The van der Waals surface area contributed by atoms with Gasteiger partial charge in [0, 0.05) is 12.6 Å². The van der Waals surface area contributed by atoms with E-state index >= 15 is 0 Å². The third kappa shape index (κ3) is 3.59. The number of aryl methyl sites for hydroxylation is 1. The number of carbonyl (C=O) groups excluding carboxylic acids is 1. The van der Waals surface area contributed by atoms with E-state index in [4.69, 9.17) is 9.26 Å². The summed E-state index contributed by atoms with van der Waals surface area (Å²) < 4.78 is 12.5. The summed E-state index contributed by atoms with van der Waals surface area (Å²) in [6.45, 7) is 2.81. The number of imidazole rings is 1. The van der Waals surface area contributed by atoms with Crippen molar-refractivity contribution in [2.24, 2.45) is 0 Å². The van der Waals surface area contributed by atoms with Gasteiger partial charge in [0.25, 0.3) is 5.91 Å². The molecule has 0 atom stereocenters. The lowest BCUT2D eigenvalue weighted by Crippen LogP contribution is -2.23. The molecule has 0 aliphatic heterocycles. The Morgan fingerprint density at radius 1 is 1.18 bits per heavy atom. The number of ether oxygens (including phenoxy) is 1. The Balaban J connectivity index is 1.43. The number of benzene rings is 2. The molecule has 0 saturated carbocycles. The summed E-state index contributed by atoms with van der Waals surface area (Å²) in [5.74, 6) is 1.97. The molecular weight excluding hydrogens is 356 g/mol. The van der Waals surface area contributed by atoms with Crippen LogP contribution >= 0.6 is 0 Å². The first-order chi connectivity index (χ1) is 13.6. The maximum absolute atomic E-state index is 12.4. The Morgan fingerprint density at radius 3 is 2.75 bits per heavy atom. The molecule has 1 N–H and O–H groups in total. The van der Waals surface area contributed by atoms with Crippen molar-refractivity contribution in [3.63, 3.8) is 0 Å². The molecular formula is C21H20N4O3. The molecule has 0 saturated heterocycles. The highest BCUT2D eigenvalue weighted by Gasteiger charge is 2.15. The van der Waals surface area contributed by atoms with Crippen molar-refractivity contribution in [2.45, 2.75) is 20.0 Å². The molecule has 0 unspecified atom stereocenters. The fourth-order valence-electron chi connectivity index (χ4n) is 3.06. The molecule has 0 radical (unpaired) electrons. The van der Waals surface area contributed by atoms with Crippen molar-refractivity contribution in [3.8, 4) is 5.75 Å². The number of methoxy groups -OCH3 is 1. The number of rotatable bonds is 6. The highest BCUT2D eigenvalue weighted by molar-refractivity contribution is 5.92. The molecule has 2 aromatic carbocycles. The molecule has 4 rings (SSSR count). The standard InChI is InChI=1S/C21H20N4O3/c1-14-23-18-5-3-4-6-20(18)25(14)13-17-11-19(24-28-17)21(26)22-12-15-7-9-16(27-2)10-8-15/h3-11H,12-13H2,1-2H3,(H,22,26). The summed E-state index contributed by atoms with van der Waals surface area (Å²) in [4.78, 5) is 16.9. The average molecular weight is 376 g/mol. The molecule has 1 amide bonds. The normalized spacial score (nSPS) is 10.9. The zero-order valence-electron chi connectivity index (χ0n) is 15.7. The van der Waals surface area contributed by atoms with Gasteiger partial charge in [0.2, 0.25) is 0 Å². The van der Waals surface area contributed by atoms with Crippen LogP contribution in [0.15, 0.2) is 59.1 Å². The molecule has 7 heteroatoms. The largest absolute Gasteiger partial charge is 0.497 e. The number of fused-ring (bicyclic) bond motifs is 1. The van der Waals surface area contributed by atoms with Crippen LogP contribution in [0.2, 0.25) is 0 Å². The van der Waals surface area contributed by atoms with Gasteiger partial charge in [0.15, 0.2) is 11.5 Å². The third-order valence-corrected chi connectivity index (χ3v) is 4.56. The smallest absolute Gasteiger partial charge is 0.273 e. The predicted octanol–water partition coefficient (Wildman–Crippen LogP) is 3.32. The number of nitrogens with one attached hydrogen (secondary N) is 1. The van der Waals surface area contributed by atoms with Crippen molar-refractivity contribution < 1.29 is 14.1 Å². The fourth-order valence-corrected chi connectivity index (χ4v) is 3.06. The Hall–Kier alpha value is -3.61. The fraction of sp³-hybridized carbons (Fsp3) is 0.190. The number of hydrogen-bond acceptors (Lipinski definition) is 5. The van der Waals surface area contributed by atoms with E-state index in [0.29, 0.717) is 18.8 Å². The molecule has 142 valence electrons. The van der Waals surface area contributed by atoms with Gasteiger partial charge in [-0.2, -0.15) is 0 Å². The minimum atomic E-state index is -0.280. The van der Waals surface area contributed by atoms with E-state index in [0.717, 1.165) is 28.2 Å². The van der Waals surface area contributed by atoms with Crippen LogP contribution < -0.4 is 10.1 Å². The average Bonchev–Trinajstić information content (AvgIpc) is 3.32. The molecule has 0 fully saturated rings. The van der Waals surface area contributed by atoms with Gasteiger partial charge in [-0.15, -0.1) is 0 Å². The number of amides is 1. The summed E-state index contributed by atoms with van der Waals surface area (Å²) in [5, 5.41) is 6.75. The van der Waals surface area contributed by atoms with Crippen molar-refractivity contribution in [3.05, 3.63) is 77.4 Å². The van der Waals surface area contributed by atoms with Gasteiger partial charge in [-0.1, -0.05) is 29.4 Å². The van der Waals surface area contributed by atoms with E-state index in [2.05, 4.69) is 15.5 Å². The number of para-hydroxylation sites is 2. The quantitative estimate of drug-likeness (QED) is 0.558. The summed E-state index contributed by atoms with van der Waals surface area (Å²) in [7, 11) is 1.62. The SMILES string of the molecule is COc1ccc(CNC(=O)c2cc(Cn3c(C)nc4ccccc43)on2)cc1. The zero-order valence-corrected chi connectivity index (χ0v) is 15.7. The Bertz CT molecular complexity index is 1110. The van der Waals surface area contributed by atoms with Crippen LogP contribution in [0.4, 0.5) is 0 Å². The summed E-state index contributed by atoms with van der Waals surface area (Å²) >= 11 is 0. The maximum atomic E-state index is 12.4. The molecule has 7 nitrogen and oxygen atoms in total.